The van der Waals surface area contributed by atoms with E-state index in [2.05, 4.69) is 0 Å². The first-order valence-corrected chi connectivity index (χ1v) is 6.65. The summed E-state index contributed by atoms with van der Waals surface area (Å²) < 4.78 is 5.09. The van der Waals surface area contributed by atoms with Crippen LogP contribution >= 0.6 is 23.4 Å². The Balaban J connectivity index is 2.82. The first-order valence-electron chi connectivity index (χ1n) is 5.28. The van der Waals surface area contributed by atoms with Gasteiger partial charge in [-0.3, -0.25) is 4.79 Å². The van der Waals surface area contributed by atoms with Gasteiger partial charge in [-0.2, -0.15) is 0 Å². The molecule has 0 bridgehead atoms. The van der Waals surface area contributed by atoms with E-state index in [1.807, 2.05) is 0 Å². The Hall–Kier alpha value is -0.750. The van der Waals surface area contributed by atoms with Gasteiger partial charge < -0.3 is 14.9 Å². The number of ether oxygens (including phenoxy) is 1. The maximum Gasteiger partial charge on any atom is 0.185 e. The second-order valence-electron chi connectivity index (χ2n) is 3.70. The second-order valence-corrected chi connectivity index (χ2v) is 5.33. The molecule has 100 valence electrons. The van der Waals surface area contributed by atoms with E-state index in [0.717, 1.165) is 11.8 Å². The molecular formula is C12H15ClO4S. The third-order valence-electron chi connectivity index (χ3n) is 2.34. The fraction of sp³-hybridized carbons (Fsp3) is 0.417. The quantitative estimate of drug-likeness (QED) is 0.868. The second kappa shape index (κ2) is 6.99. The predicted molar refractivity (Wildman–Crippen MR) is 72.1 cm³/mol. The molecule has 18 heavy (non-hydrogen) atoms. The normalized spacial score (nSPS) is 14.1. The van der Waals surface area contributed by atoms with Gasteiger partial charge >= 0.3 is 0 Å². The SMILES string of the molecule is COc1cc(Cl)ccc1C(O)C(O)CSC(C)=O. The molecule has 0 saturated carbocycles. The lowest BCUT2D eigenvalue weighted by molar-refractivity contribution is -0.109. The molecule has 0 aromatic heterocycles. The van der Waals surface area contributed by atoms with Crippen LogP contribution in [0.4, 0.5) is 0 Å². The lowest BCUT2D eigenvalue weighted by Crippen LogP contribution is -2.21. The summed E-state index contributed by atoms with van der Waals surface area (Å²) in [6, 6.07) is 4.76. The Morgan fingerprint density at radius 2 is 2.17 bits per heavy atom. The van der Waals surface area contributed by atoms with Gasteiger partial charge in [0.25, 0.3) is 0 Å². The molecule has 0 saturated heterocycles. The van der Waals surface area contributed by atoms with Crippen molar-refractivity contribution < 1.29 is 19.7 Å². The van der Waals surface area contributed by atoms with Crippen molar-refractivity contribution in [3.8, 4) is 5.75 Å². The molecule has 0 heterocycles. The minimum absolute atomic E-state index is 0.107. The lowest BCUT2D eigenvalue weighted by atomic mass is 10.0. The van der Waals surface area contributed by atoms with Crippen LogP contribution in [0.1, 0.15) is 18.6 Å². The topological polar surface area (TPSA) is 66.8 Å². The van der Waals surface area contributed by atoms with Gasteiger partial charge in [0.1, 0.15) is 11.9 Å². The molecule has 1 aromatic rings. The average molecular weight is 291 g/mol. The minimum atomic E-state index is -1.12. The van der Waals surface area contributed by atoms with Gasteiger partial charge in [0.05, 0.1) is 13.2 Å². The van der Waals surface area contributed by atoms with E-state index in [1.54, 1.807) is 18.2 Å². The van der Waals surface area contributed by atoms with Crippen molar-refractivity contribution >= 4 is 28.5 Å². The van der Waals surface area contributed by atoms with E-state index in [9.17, 15) is 15.0 Å². The number of aliphatic hydroxyl groups is 2. The maximum atomic E-state index is 10.8. The van der Waals surface area contributed by atoms with Crippen LogP contribution < -0.4 is 4.74 Å². The van der Waals surface area contributed by atoms with Crippen molar-refractivity contribution in [2.24, 2.45) is 0 Å². The zero-order valence-electron chi connectivity index (χ0n) is 10.1. The van der Waals surface area contributed by atoms with Gasteiger partial charge in [-0.1, -0.05) is 29.4 Å². The first kappa shape index (κ1) is 15.3. The Bertz CT molecular complexity index is 425. The number of halogens is 1. The summed E-state index contributed by atoms with van der Waals surface area (Å²) >= 11 is 6.77. The molecule has 2 N–H and O–H groups in total. The molecule has 2 unspecified atom stereocenters. The Morgan fingerprint density at radius 3 is 2.72 bits per heavy atom. The highest BCUT2D eigenvalue weighted by molar-refractivity contribution is 8.13. The molecule has 0 amide bonds. The third kappa shape index (κ3) is 4.17. The van der Waals surface area contributed by atoms with E-state index in [1.165, 1.54) is 14.0 Å². The highest BCUT2D eigenvalue weighted by atomic mass is 35.5. The van der Waals surface area contributed by atoms with Crippen LogP contribution in [0.25, 0.3) is 0 Å². The van der Waals surface area contributed by atoms with Crippen LogP contribution in [-0.2, 0) is 4.79 Å². The predicted octanol–water partition coefficient (Wildman–Crippen LogP) is 2.02. The zero-order valence-corrected chi connectivity index (χ0v) is 11.7. The molecule has 2 atom stereocenters. The minimum Gasteiger partial charge on any atom is -0.496 e. The van der Waals surface area contributed by atoms with Crippen LogP contribution in [0, 0.1) is 0 Å². The molecule has 0 radical (unpaired) electrons. The molecule has 0 spiro atoms. The van der Waals surface area contributed by atoms with Gasteiger partial charge in [-0.05, 0) is 12.1 Å². The summed E-state index contributed by atoms with van der Waals surface area (Å²) in [5.41, 5.74) is 0.443. The molecule has 4 nitrogen and oxygen atoms in total. The molecule has 0 aliphatic carbocycles. The van der Waals surface area contributed by atoms with Crippen molar-refractivity contribution in [2.45, 2.75) is 19.1 Å². The number of rotatable bonds is 5. The number of carbonyl (C=O) groups is 1. The Kier molecular flexibility index (Phi) is 5.95. The molecule has 6 heteroatoms. The molecule has 1 rings (SSSR count). The highest BCUT2D eigenvalue weighted by Crippen LogP contribution is 2.30. The van der Waals surface area contributed by atoms with Crippen molar-refractivity contribution in [1.82, 2.24) is 0 Å². The van der Waals surface area contributed by atoms with Crippen LogP contribution in [0.15, 0.2) is 18.2 Å². The smallest absolute Gasteiger partial charge is 0.185 e. The standard InChI is InChI=1S/C12H15ClO4S/c1-7(14)18-6-10(15)12(16)9-4-3-8(13)5-11(9)17-2/h3-5,10,12,15-16H,6H2,1-2H3. The van der Waals surface area contributed by atoms with Crippen LogP contribution in [-0.4, -0.2) is 34.3 Å². The number of thioether (sulfide) groups is 1. The fourth-order valence-corrected chi connectivity index (χ4v) is 2.18. The van der Waals surface area contributed by atoms with Gasteiger partial charge in [-0.15, -0.1) is 0 Å². The third-order valence-corrected chi connectivity index (χ3v) is 3.49. The zero-order chi connectivity index (χ0) is 13.7. The van der Waals surface area contributed by atoms with Crippen molar-refractivity contribution in [2.75, 3.05) is 12.9 Å². The summed E-state index contributed by atoms with van der Waals surface area (Å²) in [5.74, 6) is 0.532. The number of methoxy groups -OCH3 is 1. The molecule has 0 aliphatic heterocycles. The monoisotopic (exact) mass is 290 g/mol. The van der Waals surface area contributed by atoms with Gasteiger partial charge in [-0.25, -0.2) is 0 Å². The van der Waals surface area contributed by atoms with Crippen LogP contribution in [0.2, 0.25) is 5.02 Å². The number of hydrogen-bond donors (Lipinski definition) is 2. The fourth-order valence-electron chi connectivity index (χ4n) is 1.43. The number of hydrogen-bond acceptors (Lipinski definition) is 5. The largest absolute Gasteiger partial charge is 0.496 e. The van der Waals surface area contributed by atoms with Gasteiger partial charge in [0.2, 0.25) is 0 Å². The van der Waals surface area contributed by atoms with Gasteiger partial charge in [0.15, 0.2) is 5.12 Å². The Labute approximate surface area is 115 Å². The summed E-state index contributed by atoms with van der Waals surface area (Å²) in [4.78, 5) is 10.8. The number of aliphatic hydroxyl groups excluding tert-OH is 2. The summed E-state index contributed by atoms with van der Waals surface area (Å²) in [7, 11) is 1.46. The summed E-state index contributed by atoms with van der Waals surface area (Å²) in [5, 5.41) is 20.2. The van der Waals surface area contributed by atoms with E-state index in [0.29, 0.717) is 16.3 Å². The van der Waals surface area contributed by atoms with Crippen LogP contribution in [0.5, 0.6) is 5.75 Å². The number of carbonyl (C=O) groups excluding carboxylic acids is 1. The van der Waals surface area contributed by atoms with E-state index in [-0.39, 0.29) is 10.9 Å². The maximum absolute atomic E-state index is 10.8. The first-order chi connectivity index (χ1) is 8.45. The molecule has 0 aliphatic rings. The summed E-state index contributed by atoms with van der Waals surface area (Å²) in [6.45, 7) is 1.41. The average Bonchev–Trinajstić information content (AvgIpc) is 2.34. The van der Waals surface area contributed by atoms with Crippen LogP contribution in [0.3, 0.4) is 0 Å². The van der Waals surface area contributed by atoms with Gasteiger partial charge in [0, 0.05) is 23.3 Å². The van der Waals surface area contributed by atoms with Crippen molar-refractivity contribution in [3.05, 3.63) is 28.8 Å². The summed E-state index contributed by atoms with van der Waals surface area (Å²) in [6.07, 6.45) is -2.17. The lowest BCUT2D eigenvalue weighted by Gasteiger charge is -2.19. The molecule has 0 fully saturated rings. The molecular weight excluding hydrogens is 276 g/mol. The molecule has 1 aromatic carbocycles. The van der Waals surface area contributed by atoms with E-state index in [4.69, 9.17) is 16.3 Å². The van der Waals surface area contributed by atoms with E-state index < -0.39 is 12.2 Å². The van der Waals surface area contributed by atoms with E-state index >= 15 is 0 Å². The van der Waals surface area contributed by atoms with Crippen molar-refractivity contribution in [3.63, 3.8) is 0 Å². The highest BCUT2D eigenvalue weighted by Gasteiger charge is 2.22. The van der Waals surface area contributed by atoms with Crippen molar-refractivity contribution in [1.29, 1.82) is 0 Å². The number of benzene rings is 1. The Morgan fingerprint density at radius 1 is 1.50 bits per heavy atom.